The van der Waals surface area contributed by atoms with Gasteiger partial charge in [-0.05, 0) is 36.4 Å². The molecule has 0 amide bonds. The van der Waals surface area contributed by atoms with Gasteiger partial charge in [0.2, 0.25) is 0 Å². The molecule has 1 aromatic carbocycles. The molecule has 18 heavy (non-hydrogen) atoms. The van der Waals surface area contributed by atoms with E-state index in [4.69, 9.17) is 0 Å². The molecule has 1 aromatic rings. The minimum absolute atomic E-state index is 0.152. The second kappa shape index (κ2) is 5.49. The molecule has 0 spiro atoms. The van der Waals surface area contributed by atoms with Gasteiger partial charge in [0.15, 0.2) is 0 Å². The SMILES string of the molecule is Fc1ccc(N2CCN(C3CCSC3)CC2)cc1. The number of piperazine rings is 1. The van der Waals surface area contributed by atoms with Crippen LogP contribution in [-0.4, -0.2) is 48.6 Å². The smallest absolute Gasteiger partial charge is 0.123 e. The number of benzene rings is 1. The van der Waals surface area contributed by atoms with Crippen LogP contribution in [0, 0.1) is 5.82 Å². The zero-order valence-electron chi connectivity index (χ0n) is 10.5. The maximum atomic E-state index is 12.9. The molecule has 98 valence electrons. The van der Waals surface area contributed by atoms with Gasteiger partial charge < -0.3 is 4.90 Å². The molecule has 0 radical (unpaired) electrons. The number of hydrogen-bond acceptors (Lipinski definition) is 3. The lowest BCUT2D eigenvalue weighted by atomic mass is 10.1. The first-order chi connectivity index (χ1) is 8.83. The summed E-state index contributed by atoms with van der Waals surface area (Å²) in [6, 6.07) is 7.67. The van der Waals surface area contributed by atoms with Gasteiger partial charge >= 0.3 is 0 Å². The van der Waals surface area contributed by atoms with Crippen LogP contribution >= 0.6 is 11.8 Å². The Hall–Kier alpha value is -0.740. The van der Waals surface area contributed by atoms with Gasteiger partial charge in [-0.15, -0.1) is 0 Å². The number of nitrogens with zero attached hydrogens (tertiary/aromatic N) is 2. The second-order valence-electron chi connectivity index (χ2n) is 5.02. The zero-order valence-corrected chi connectivity index (χ0v) is 11.3. The standard InChI is InChI=1S/C14H19FN2S/c15-12-1-3-13(4-2-12)16-6-8-17(9-7-16)14-5-10-18-11-14/h1-4,14H,5-11H2. The van der Waals surface area contributed by atoms with E-state index in [1.54, 1.807) is 12.1 Å². The van der Waals surface area contributed by atoms with Crippen LogP contribution in [-0.2, 0) is 0 Å². The summed E-state index contributed by atoms with van der Waals surface area (Å²) in [6.07, 6.45) is 1.35. The molecule has 0 saturated carbocycles. The lowest BCUT2D eigenvalue weighted by Gasteiger charge is -2.38. The van der Waals surface area contributed by atoms with Crippen LogP contribution in [0.15, 0.2) is 24.3 Å². The summed E-state index contributed by atoms with van der Waals surface area (Å²) in [5.74, 6) is 2.47. The summed E-state index contributed by atoms with van der Waals surface area (Å²) in [5, 5.41) is 0. The van der Waals surface area contributed by atoms with Crippen molar-refractivity contribution in [1.29, 1.82) is 0 Å². The molecule has 2 heterocycles. The van der Waals surface area contributed by atoms with E-state index in [0.29, 0.717) is 0 Å². The molecule has 0 bridgehead atoms. The van der Waals surface area contributed by atoms with E-state index >= 15 is 0 Å². The molecular formula is C14H19FN2S. The minimum atomic E-state index is -0.152. The van der Waals surface area contributed by atoms with Crippen LogP contribution in [0.3, 0.4) is 0 Å². The highest BCUT2D eigenvalue weighted by molar-refractivity contribution is 7.99. The third kappa shape index (κ3) is 2.64. The van der Waals surface area contributed by atoms with E-state index in [1.165, 1.54) is 17.9 Å². The Morgan fingerprint density at radius 3 is 2.39 bits per heavy atom. The highest BCUT2D eigenvalue weighted by atomic mass is 32.2. The van der Waals surface area contributed by atoms with Gasteiger partial charge in [-0.3, -0.25) is 4.90 Å². The molecule has 2 aliphatic rings. The first-order valence-electron chi connectivity index (χ1n) is 6.65. The quantitative estimate of drug-likeness (QED) is 0.812. The number of halogens is 1. The molecule has 2 saturated heterocycles. The highest BCUT2D eigenvalue weighted by Gasteiger charge is 2.26. The average molecular weight is 266 g/mol. The van der Waals surface area contributed by atoms with Crippen LogP contribution in [0.2, 0.25) is 0 Å². The molecule has 4 heteroatoms. The zero-order chi connectivity index (χ0) is 12.4. The van der Waals surface area contributed by atoms with Gasteiger partial charge in [0.1, 0.15) is 5.82 Å². The summed E-state index contributed by atoms with van der Waals surface area (Å²) in [6.45, 7) is 4.41. The molecule has 1 atom stereocenters. The Labute approximate surface area is 112 Å². The Balaban J connectivity index is 1.57. The summed E-state index contributed by atoms with van der Waals surface area (Å²) in [5.41, 5.74) is 1.15. The molecule has 2 nitrogen and oxygen atoms in total. The first kappa shape index (κ1) is 12.3. The molecule has 3 rings (SSSR count). The van der Waals surface area contributed by atoms with Crippen LogP contribution < -0.4 is 4.90 Å². The highest BCUT2D eigenvalue weighted by Crippen LogP contribution is 2.24. The van der Waals surface area contributed by atoms with Gasteiger partial charge in [-0.2, -0.15) is 11.8 Å². The molecule has 0 N–H and O–H groups in total. The first-order valence-corrected chi connectivity index (χ1v) is 7.81. The van der Waals surface area contributed by atoms with E-state index in [1.807, 2.05) is 12.1 Å². The van der Waals surface area contributed by atoms with E-state index in [9.17, 15) is 4.39 Å². The van der Waals surface area contributed by atoms with Gasteiger partial charge in [-0.1, -0.05) is 0 Å². The topological polar surface area (TPSA) is 6.48 Å². The Morgan fingerprint density at radius 1 is 1.06 bits per heavy atom. The van der Waals surface area contributed by atoms with Crippen molar-refractivity contribution in [2.24, 2.45) is 0 Å². The van der Waals surface area contributed by atoms with Crippen LogP contribution in [0.5, 0.6) is 0 Å². The van der Waals surface area contributed by atoms with E-state index < -0.39 is 0 Å². The van der Waals surface area contributed by atoms with E-state index in [0.717, 1.165) is 37.9 Å². The average Bonchev–Trinajstić information content (AvgIpc) is 2.94. The summed E-state index contributed by atoms with van der Waals surface area (Å²) in [4.78, 5) is 4.98. The Kier molecular flexibility index (Phi) is 3.75. The maximum absolute atomic E-state index is 12.9. The van der Waals surface area contributed by atoms with E-state index in [2.05, 4.69) is 21.6 Å². The second-order valence-corrected chi connectivity index (χ2v) is 6.17. The lowest BCUT2D eigenvalue weighted by molar-refractivity contribution is 0.201. The molecule has 0 aromatic heterocycles. The monoisotopic (exact) mass is 266 g/mol. The largest absolute Gasteiger partial charge is 0.369 e. The van der Waals surface area contributed by atoms with Gasteiger partial charge in [0, 0.05) is 43.7 Å². The predicted molar refractivity (Wildman–Crippen MR) is 75.9 cm³/mol. The third-order valence-corrected chi connectivity index (χ3v) is 5.07. The fraction of sp³-hybridized carbons (Fsp3) is 0.571. The number of hydrogen-bond donors (Lipinski definition) is 0. The Morgan fingerprint density at radius 2 is 1.78 bits per heavy atom. The predicted octanol–water partition coefficient (Wildman–Crippen LogP) is 2.45. The van der Waals surface area contributed by atoms with Crippen molar-refractivity contribution in [2.45, 2.75) is 12.5 Å². The van der Waals surface area contributed by atoms with Crippen molar-refractivity contribution in [1.82, 2.24) is 4.90 Å². The molecule has 0 aliphatic carbocycles. The Bertz CT molecular complexity index is 381. The molecular weight excluding hydrogens is 247 g/mol. The third-order valence-electron chi connectivity index (χ3n) is 3.93. The summed E-state index contributed by atoms with van der Waals surface area (Å²) in [7, 11) is 0. The number of anilines is 1. The van der Waals surface area contributed by atoms with Crippen molar-refractivity contribution in [2.75, 3.05) is 42.6 Å². The summed E-state index contributed by atoms with van der Waals surface area (Å²) >= 11 is 2.08. The number of rotatable bonds is 2. The molecule has 2 fully saturated rings. The van der Waals surface area contributed by atoms with Crippen LogP contribution in [0.4, 0.5) is 10.1 Å². The van der Waals surface area contributed by atoms with Crippen molar-refractivity contribution >= 4 is 17.4 Å². The normalized spacial score (nSPS) is 25.6. The molecule has 1 unspecified atom stereocenters. The van der Waals surface area contributed by atoms with Crippen molar-refractivity contribution in [3.8, 4) is 0 Å². The fourth-order valence-electron chi connectivity index (χ4n) is 2.81. The van der Waals surface area contributed by atoms with E-state index in [-0.39, 0.29) is 5.82 Å². The van der Waals surface area contributed by atoms with Crippen molar-refractivity contribution in [3.63, 3.8) is 0 Å². The minimum Gasteiger partial charge on any atom is -0.369 e. The lowest BCUT2D eigenvalue weighted by Crippen LogP contribution is -2.50. The van der Waals surface area contributed by atoms with Crippen molar-refractivity contribution in [3.05, 3.63) is 30.1 Å². The van der Waals surface area contributed by atoms with Crippen LogP contribution in [0.25, 0.3) is 0 Å². The fourth-order valence-corrected chi connectivity index (χ4v) is 4.06. The maximum Gasteiger partial charge on any atom is 0.123 e. The van der Waals surface area contributed by atoms with Gasteiger partial charge in [0.05, 0.1) is 0 Å². The summed E-state index contributed by atoms with van der Waals surface area (Å²) < 4.78 is 12.9. The molecule has 2 aliphatic heterocycles. The van der Waals surface area contributed by atoms with Crippen molar-refractivity contribution < 1.29 is 4.39 Å². The van der Waals surface area contributed by atoms with Gasteiger partial charge in [0.25, 0.3) is 0 Å². The van der Waals surface area contributed by atoms with Gasteiger partial charge in [-0.25, -0.2) is 4.39 Å². The van der Waals surface area contributed by atoms with Crippen LogP contribution in [0.1, 0.15) is 6.42 Å². The number of thioether (sulfide) groups is 1.